The Kier molecular flexibility index (Phi) is 4.33. The van der Waals surface area contributed by atoms with Crippen molar-refractivity contribution in [3.63, 3.8) is 0 Å². The zero-order valence-corrected chi connectivity index (χ0v) is 9.70. The van der Waals surface area contributed by atoms with Gasteiger partial charge in [0, 0.05) is 6.54 Å². The van der Waals surface area contributed by atoms with Crippen molar-refractivity contribution in [2.75, 3.05) is 20.1 Å². The molecule has 0 aliphatic rings. The molecule has 0 fully saturated rings. The van der Waals surface area contributed by atoms with Crippen molar-refractivity contribution in [1.82, 2.24) is 4.90 Å². The Morgan fingerprint density at radius 3 is 2.80 bits per heavy atom. The number of hydrogen-bond acceptors (Lipinski definition) is 2. The Hall–Kier alpha value is -1.33. The quantitative estimate of drug-likeness (QED) is 0.702. The molecule has 1 aromatic carbocycles. The minimum absolute atomic E-state index is 0.475. The molecule has 0 N–H and O–H groups in total. The third kappa shape index (κ3) is 3.73. The van der Waals surface area contributed by atoms with Gasteiger partial charge in [-0.15, -0.1) is 0 Å². The van der Waals surface area contributed by atoms with Gasteiger partial charge in [-0.2, -0.15) is 5.26 Å². The number of hydrogen-bond donors (Lipinski definition) is 0. The fraction of sp³-hybridized carbons (Fsp3) is 0.462. The van der Waals surface area contributed by atoms with Gasteiger partial charge in [-0.25, -0.2) is 0 Å². The van der Waals surface area contributed by atoms with E-state index in [1.807, 2.05) is 11.9 Å². The second-order valence-electron chi connectivity index (χ2n) is 4.17. The summed E-state index contributed by atoms with van der Waals surface area (Å²) in [5, 5.41) is 8.57. The third-order valence-corrected chi connectivity index (χ3v) is 2.54. The number of likely N-dealkylation sites (N-methyl/N-ethyl adjacent to an activating group) is 1. The highest BCUT2D eigenvalue weighted by Crippen LogP contribution is 2.16. The zero-order valence-electron chi connectivity index (χ0n) is 9.70. The Labute approximate surface area is 92.1 Å². The molecular formula is C13H18N2. The predicted octanol–water partition coefficient (Wildman–Crippen LogP) is 2.55. The molecule has 0 spiro atoms. The predicted molar refractivity (Wildman–Crippen MR) is 62.7 cm³/mol. The summed E-state index contributed by atoms with van der Waals surface area (Å²) in [4.78, 5) is 2.05. The lowest BCUT2D eigenvalue weighted by molar-refractivity contribution is 0.353. The smallest absolute Gasteiger partial charge is 0.0863 e. The van der Waals surface area contributed by atoms with Gasteiger partial charge in [-0.3, -0.25) is 4.90 Å². The average molecular weight is 202 g/mol. The van der Waals surface area contributed by atoms with E-state index in [4.69, 9.17) is 5.26 Å². The van der Waals surface area contributed by atoms with Gasteiger partial charge in [0.25, 0.3) is 0 Å². The summed E-state index contributed by atoms with van der Waals surface area (Å²) >= 11 is 0. The van der Waals surface area contributed by atoms with E-state index in [-0.39, 0.29) is 0 Å². The molecule has 0 aliphatic heterocycles. The van der Waals surface area contributed by atoms with Crippen LogP contribution in [0.3, 0.4) is 0 Å². The molecule has 0 saturated carbocycles. The monoisotopic (exact) mass is 202 g/mol. The first kappa shape index (κ1) is 11.7. The second kappa shape index (κ2) is 5.53. The van der Waals surface area contributed by atoms with E-state index < -0.39 is 0 Å². The van der Waals surface area contributed by atoms with Gasteiger partial charge in [0.15, 0.2) is 0 Å². The van der Waals surface area contributed by atoms with Crippen LogP contribution in [-0.4, -0.2) is 25.0 Å². The SMILES string of the molecule is Cc1cccc(C(C)CN(C)CC#N)c1. The van der Waals surface area contributed by atoms with Gasteiger partial charge >= 0.3 is 0 Å². The summed E-state index contributed by atoms with van der Waals surface area (Å²) in [6.45, 7) is 5.73. The third-order valence-electron chi connectivity index (χ3n) is 2.54. The average Bonchev–Trinajstić information content (AvgIpc) is 2.18. The van der Waals surface area contributed by atoms with Crippen LogP contribution in [0.2, 0.25) is 0 Å². The van der Waals surface area contributed by atoms with Crippen LogP contribution in [0.15, 0.2) is 24.3 Å². The normalized spacial score (nSPS) is 12.5. The van der Waals surface area contributed by atoms with E-state index in [0.29, 0.717) is 12.5 Å². The van der Waals surface area contributed by atoms with Gasteiger partial charge in [-0.05, 0) is 25.5 Å². The number of nitriles is 1. The molecule has 80 valence electrons. The lowest BCUT2D eigenvalue weighted by Crippen LogP contribution is -2.23. The van der Waals surface area contributed by atoms with E-state index in [1.54, 1.807) is 0 Å². The lowest BCUT2D eigenvalue weighted by Gasteiger charge is -2.19. The maximum Gasteiger partial charge on any atom is 0.0863 e. The molecule has 0 aliphatic carbocycles. The van der Waals surface area contributed by atoms with Crippen molar-refractivity contribution in [1.29, 1.82) is 5.26 Å². The zero-order chi connectivity index (χ0) is 11.3. The Morgan fingerprint density at radius 1 is 1.47 bits per heavy atom. The fourth-order valence-corrected chi connectivity index (χ4v) is 1.73. The van der Waals surface area contributed by atoms with Crippen molar-refractivity contribution in [3.05, 3.63) is 35.4 Å². The minimum atomic E-state index is 0.475. The highest BCUT2D eigenvalue weighted by Gasteiger charge is 2.08. The van der Waals surface area contributed by atoms with Crippen LogP contribution in [0.1, 0.15) is 24.0 Å². The summed E-state index contributed by atoms with van der Waals surface area (Å²) in [6.07, 6.45) is 0. The van der Waals surface area contributed by atoms with Crippen molar-refractivity contribution >= 4 is 0 Å². The maximum atomic E-state index is 8.57. The summed E-state index contributed by atoms with van der Waals surface area (Å²) in [5.74, 6) is 0.475. The fourth-order valence-electron chi connectivity index (χ4n) is 1.73. The van der Waals surface area contributed by atoms with Gasteiger partial charge in [0.1, 0.15) is 0 Å². The molecule has 0 heterocycles. The summed E-state index contributed by atoms with van der Waals surface area (Å²) in [7, 11) is 1.98. The first-order chi connectivity index (χ1) is 7.13. The van der Waals surface area contributed by atoms with Crippen LogP contribution in [0.5, 0.6) is 0 Å². The molecule has 1 atom stereocenters. The molecule has 0 radical (unpaired) electrons. The van der Waals surface area contributed by atoms with E-state index >= 15 is 0 Å². The van der Waals surface area contributed by atoms with E-state index in [2.05, 4.69) is 44.2 Å². The van der Waals surface area contributed by atoms with Gasteiger partial charge in [0.05, 0.1) is 12.6 Å². The number of rotatable bonds is 4. The summed E-state index contributed by atoms with van der Waals surface area (Å²) < 4.78 is 0. The van der Waals surface area contributed by atoms with Gasteiger partial charge in [0.2, 0.25) is 0 Å². The second-order valence-corrected chi connectivity index (χ2v) is 4.17. The minimum Gasteiger partial charge on any atom is -0.293 e. The van der Waals surface area contributed by atoms with Crippen LogP contribution >= 0.6 is 0 Å². The Balaban J connectivity index is 2.61. The van der Waals surface area contributed by atoms with Gasteiger partial charge in [-0.1, -0.05) is 36.8 Å². The molecule has 1 aromatic rings. The van der Waals surface area contributed by atoms with Crippen molar-refractivity contribution < 1.29 is 0 Å². The molecule has 2 heteroatoms. The Morgan fingerprint density at radius 2 is 2.20 bits per heavy atom. The van der Waals surface area contributed by atoms with Crippen molar-refractivity contribution in [2.45, 2.75) is 19.8 Å². The molecule has 2 nitrogen and oxygen atoms in total. The van der Waals surface area contributed by atoms with Crippen molar-refractivity contribution in [2.24, 2.45) is 0 Å². The molecule has 0 saturated heterocycles. The van der Waals surface area contributed by atoms with Crippen LogP contribution in [0, 0.1) is 18.3 Å². The number of nitrogens with zero attached hydrogens (tertiary/aromatic N) is 2. The maximum absolute atomic E-state index is 8.57. The topological polar surface area (TPSA) is 27.0 Å². The lowest BCUT2D eigenvalue weighted by atomic mass is 9.99. The van der Waals surface area contributed by atoms with E-state index in [1.165, 1.54) is 11.1 Å². The molecule has 0 aromatic heterocycles. The number of benzene rings is 1. The number of aryl methyl sites for hydroxylation is 1. The molecule has 15 heavy (non-hydrogen) atoms. The van der Waals surface area contributed by atoms with Crippen LogP contribution < -0.4 is 0 Å². The summed E-state index contributed by atoms with van der Waals surface area (Å²) in [5.41, 5.74) is 2.64. The first-order valence-electron chi connectivity index (χ1n) is 5.25. The van der Waals surface area contributed by atoms with Crippen LogP contribution in [-0.2, 0) is 0 Å². The highest BCUT2D eigenvalue weighted by molar-refractivity contribution is 5.25. The molecule has 0 bridgehead atoms. The highest BCUT2D eigenvalue weighted by atomic mass is 15.1. The Bertz CT molecular complexity index is 352. The van der Waals surface area contributed by atoms with Crippen LogP contribution in [0.25, 0.3) is 0 Å². The van der Waals surface area contributed by atoms with Gasteiger partial charge < -0.3 is 0 Å². The largest absolute Gasteiger partial charge is 0.293 e. The summed E-state index contributed by atoms with van der Waals surface area (Å²) in [6, 6.07) is 10.7. The first-order valence-corrected chi connectivity index (χ1v) is 5.25. The standard InChI is InChI=1S/C13H18N2/c1-11-5-4-6-13(9-11)12(2)10-15(3)8-7-14/h4-6,9,12H,8,10H2,1-3H3. The molecule has 1 rings (SSSR count). The molecular weight excluding hydrogens is 184 g/mol. The van der Waals surface area contributed by atoms with E-state index in [9.17, 15) is 0 Å². The molecule has 1 unspecified atom stereocenters. The molecule has 0 amide bonds. The van der Waals surface area contributed by atoms with Crippen molar-refractivity contribution in [3.8, 4) is 6.07 Å². The van der Waals surface area contributed by atoms with Crippen LogP contribution in [0.4, 0.5) is 0 Å². The van der Waals surface area contributed by atoms with E-state index in [0.717, 1.165) is 6.54 Å².